The Morgan fingerprint density at radius 1 is 1.07 bits per heavy atom. The molecule has 3 nitrogen and oxygen atoms in total. The van der Waals surface area contributed by atoms with Gasteiger partial charge in [-0.05, 0) is 71.9 Å². The van der Waals surface area contributed by atoms with Crippen LogP contribution in [-0.2, 0) is 4.74 Å². The maximum absolute atomic E-state index is 9.76. The molecule has 2 aromatic rings. The van der Waals surface area contributed by atoms with Gasteiger partial charge in [0.05, 0.1) is 0 Å². The zero-order valence-electron chi connectivity index (χ0n) is 15.1. The van der Waals surface area contributed by atoms with Crippen molar-refractivity contribution in [3.05, 3.63) is 97.0 Å². The largest absolute Gasteiger partial charge is 0.440 e. The van der Waals surface area contributed by atoms with E-state index in [4.69, 9.17) is 10.5 Å². The quantitative estimate of drug-likeness (QED) is 0.512. The van der Waals surface area contributed by atoms with Crippen molar-refractivity contribution in [3.63, 3.8) is 0 Å². The number of allylic oxidation sites excluding steroid dienone is 3. The molecule has 2 aliphatic rings. The van der Waals surface area contributed by atoms with Crippen molar-refractivity contribution in [3.8, 4) is 6.07 Å². The molecule has 1 unspecified atom stereocenters. The summed E-state index contributed by atoms with van der Waals surface area (Å²) in [5.41, 5.74) is 11.1. The second-order valence-corrected chi connectivity index (χ2v) is 8.74. The predicted molar refractivity (Wildman–Crippen MR) is 118 cm³/mol. The van der Waals surface area contributed by atoms with Gasteiger partial charge in [0, 0.05) is 14.9 Å². The van der Waals surface area contributed by atoms with Gasteiger partial charge < -0.3 is 10.5 Å². The monoisotopic (exact) mass is 496 g/mol. The summed E-state index contributed by atoms with van der Waals surface area (Å²) >= 11 is 7.07. The van der Waals surface area contributed by atoms with Gasteiger partial charge in [-0.15, -0.1) is 0 Å². The maximum atomic E-state index is 9.76. The van der Waals surface area contributed by atoms with Crippen LogP contribution in [0.5, 0.6) is 0 Å². The molecule has 0 bridgehead atoms. The zero-order valence-corrected chi connectivity index (χ0v) is 18.3. The number of halogens is 2. The fourth-order valence-electron chi connectivity index (χ4n) is 3.90. The van der Waals surface area contributed by atoms with E-state index in [1.807, 2.05) is 30.3 Å². The lowest BCUT2D eigenvalue weighted by atomic mass is 9.77. The van der Waals surface area contributed by atoms with Gasteiger partial charge in [-0.3, -0.25) is 0 Å². The molecule has 140 valence electrons. The Bertz CT molecular complexity index is 1080. The Balaban J connectivity index is 1.85. The Morgan fingerprint density at radius 3 is 2.54 bits per heavy atom. The average molecular weight is 498 g/mol. The highest BCUT2D eigenvalue weighted by molar-refractivity contribution is 9.10. The number of rotatable bonds is 2. The van der Waals surface area contributed by atoms with E-state index in [1.165, 1.54) is 0 Å². The van der Waals surface area contributed by atoms with Crippen molar-refractivity contribution in [1.82, 2.24) is 0 Å². The first kappa shape index (κ1) is 19.0. The summed E-state index contributed by atoms with van der Waals surface area (Å²) in [6, 6.07) is 18.5. The first-order valence-electron chi connectivity index (χ1n) is 9.09. The molecule has 1 heterocycles. The van der Waals surface area contributed by atoms with Crippen LogP contribution in [0.25, 0.3) is 6.08 Å². The van der Waals surface area contributed by atoms with Crippen molar-refractivity contribution < 1.29 is 4.74 Å². The molecule has 1 aliphatic heterocycles. The smallest absolute Gasteiger partial charge is 0.205 e. The summed E-state index contributed by atoms with van der Waals surface area (Å²) in [6.07, 6.45) is 4.99. The molecule has 28 heavy (non-hydrogen) atoms. The predicted octanol–water partition coefficient (Wildman–Crippen LogP) is 6.54. The van der Waals surface area contributed by atoms with E-state index in [2.05, 4.69) is 62.2 Å². The second kappa shape index (κ2) is 7.98. The fraction of sp³-hybridized carbons (Fsp3) is 0.174. The summed E-state index contributed by atoms with van der Waals surface area (Å²) in [5.74, 6) is 0.860. The van der Waals surface area contributed by atoms with Crippen LogP contribution in [0.2, 0.25) is 0 Å². The Kier molecular flexibility index (Phi) is 5.43. The molecule has 2 aromatic carbocycles. The van der Waals surface area contributed by atoms with Crippen molar-refractivity contribution in [2.24, 2.45) is 5.73 Å². The van der Waals surface area contributed by atoms with Crippen LogP contribution < -0.4 is 5.73 Å². The van der Waals surface area contributed by atoms with Gasteiger partial charge in [0.25, 0.3) is 0 Å². The minimum absolute atomic E-state index is 0.169. The van der Waals surface area contributed by atoms with Crippen LogP contribution in [0.4, 0.5) is 0 Å². The molecule has 0 radical (unpaired) electrons. The summed E-state index contributed by atoms with van der Waals surface area (Å²) in [7, 11) is 0. The Morgan fingerprint density at radius 2 is 1.82 bits per heavy atom. The highest BCUT2D eigenvalue weighted by Gasteiger charge is 2.35. The number of ether oxygens (including phenoxy) is 1. The number of nitrogens with zero attached hydrogens (tertiary/aromatic N) is 1. The molecule has 2 N–H and O–H groups in total. The third kappa shape index (κ3) is 3.67. The molecule has 1 aliphatic carbocycles. The second-order valence-electron chi connectivity index (χ2n) is 6.91. The van der Waals surface area contributed by atoms with E-state index in [9.17, 15) is 5.26 Å². The highest BCUT2D eigenvalue weighted by atomic mass is 79.9. The van der Waals surface area contributed by atoms with Crippen LogP contribution >= 0.6 is 31.9 Å². The van der Waals surface area contributed by atoms with Crippen molar-refractivity contribution in [1.29, 1.82) is 5.26 Å². The Labute approximate surface area is 181 Å². The fourth-order valence-corrected chi connectivity index (χ4v) is 4.73. The van der Waals surface area contributed by atoms with E-state index in [-0.39, 0.29) is 11.8 Å². The molecule has 0 saturated carbocycles. The third-order valence-electron chi connectivity index (χ3n) is 5.08. The van der Waals surface area contributed by atoms with E-state index >= 15 is 0 Å². The van der Waals surface area contributed by atoms with Crippen molar-refractivity contribution in [2.75, 3.05) is 0 Å². The molecule has 0 saturated heterocycles. The Hall–Kier alpha value is -2.29. The van der Waals surface area contributed by atoms with Crippen LogP contribution in [0, 0.1) is 11.3 Å². The summed E-state index contributed by atoms with van der Waals surface area (Å²) in [4.78, 5) is 0. The van der Waals surface area contributed by atoms with Gasteiger partial charge >= 0.3 is 0 Å². The van der Waals surface area contributed by atoms with Gasteiger partial charge in [-0.25, -0.2) is 0 Å². The molecule has 5 heteroatoms. The molecular weight excluding hydrogens is 480 g/mol. The van der Waals surface area contributed by atoms with Crippen LogP contribution in [0.15, 0.2) is 85.8 Å². The molecular formula is C23H18Br2N2O. The highest BCUT2D eigenvalue weighted by Crippen LogP contribution is 2.47. The first-order valence-corrected chi connectivity index (χ1v) is 10.7. The summed E-state index contributed by atoms with van der Waals surface area (Å²) in [5, 5.41) is 9.76. The maximum Gasteiger partial charge on any atom is 0.205 e. The van der Waals surface area contributed by atoms with Crippen LogP contribution in [0.1, 0.15) is 36.3 Å². The van der Waals surface area contributed by atoms with Crippen molar-refractivity contribution >= 4 is 37.9 Å². The molecule has 1 atom stereocenters. The van der Waals surface area contributed by atoms with E-state index in [0.717, 1.165) is 56.2 Å². The first-order chi connectivity index (χ1) is 13.6. The lowest BCUT2D eigenvalue weighted by Crippen LogP contribution is -2.23. The minimum atomic E-state index is -0.169. The van der Waals surface area contributed by atoms with Gasteiger partial charge in [-0.1, -0.05) is 56.1 Å². The van der Waals surface area contributed by atoms with Crippen LogP contribution in [0.3, 0.4) is 0 Å². The lowest BCUT2D eigenvalue weighted by Gasteiger charge is -2.33. The molecule has 4 rings (SSSR count). The SMILES string of the molecule is N#CC1=C(N)OC2=C(CCC/C2=C\c2cccc(Br)c2)C1c1cccc(Br)c1. The van der Waals surface area contributed by atoms with E-state index in [1.54, 1.807) is 0 Å². The van der Waals surface area contributed by atoms with E-state index < -0.39 is 0 Å². The molecule has 0 amide bonds. The number of nitriles is 1. The average Bonchev–Trinajstić information content (AvgIpc) is 2.67. The normalized spacial score (nSPS) is 20.6. The number of benzene rings is 2. The molecule has 0 fully saturated rings. The van der Waals surface area contributed by atoms with Gasteiger partial charge in [0.1, 0.15) is 17.4 Å². The number of nitrogens with two attached hydrogens (primary N) is 1. The van der Waals surface area contributed by atoms with Gasteiger partial charge in [0.15, 0.2) is 0 Å². The summed E-state index contributed by atoms with van der Waals surface area (Å²) in [6.45, 7) is 0. The van der Waals surface area contributed by atoms with E-state index in [0.29, 0.717) is 5.57 Å². The van der Waals surface area contributed by atoms with Crippen LogP contribution in [-0.4, -0.2) is 0 Å². The summed E-state index contributed by atoms with van der Waals surface area (Å²) < 4.78 is 8.03. The van der Waals surface area contributed by atoms with Gasteiger partial charge in [0.2, 0.25) is 5.88 Å². The molecule has 0 aromatic heterocycles. The number of hydrogen-bond donors (Lipinski definition) is 1. The third-order valence-corrected chi connectivity index (χ3v) is 6.07. The molecule has 0 spiro atoms. The standard InChI is InChI=1S/C23H18Br2N2O/c24-17-7-1-4-14(11-17)10-16-6-3-9-19-21(15-5-2-8-18(25)12-15)20(13-26)23(27)28-22(16)19/h1-2,4-5,7-8,10-12,21H,3,6,9,27H2/b16-10+. The number of hydrogen-bond acceptors (Lipinski definition) is 3. The minimum Gasteiger partial charge on any atom is -0.440 e. The lowest BCUT2D eigenvalue weighted by molar-refractivity contribution is 0.277. The van der Waals surface area contributed by atoms with Gasteiger partial charge in [-0.2, -0.15) is 5.26 Å². The topological polar surface area (TPSA) is 59.0 Å². The van der Waals surface area contributed by atoms with Crippen molar-refractivity contribution in [2.45, 2.75) is 25.2 Å². The zero-order chi connectivity index (χ0) is 19.7.